The van der Waals surface area contributed by atoms with Gasteiger partial charge in [-0.15, -0.1) is 0 Å². The molecule has 4 aromatic carbocycles. The van der Waals surface area contributed by atoms with Crippen molar-refractivity contribution in [1.29, 1.82) is 0 Å². The Hall–Kier alpha value is -3.43. The normalized spacial score (nSPS) is 15.4. The topological polar surface area (TPSA) is 22.3 Å². The SMILES string of the molecule is Cc1c2c(c(CC(C)C)c3ccc(C(C)C)cc13)Oc1cc3cc(C4CCOCC4)ccc3c3cc[n+](C)c-2c13. The largest absolute Gasteiger partial charge is 0.455 e. The molecule has 7 rings (SSSR count). The van der Waals surface area contributed by atoms with Crippen LogP contribution >= 0.6 is 0 Å². The van der Waals surface area contributed by atoms with Gasteiger partial charge in [0, 0.05) is 30.2 Å². The van der Waals surface area contributed by atoms with Crippen LogP contribution in [0.25, 0.3) is 43.6 Å². The molecule has 3 nitrogen and oxygen atoms in total. The van der Waals surface area contributed by atoms with E-state index in [4.69, 9.17) is 9.47 Å². The number of aromatic nitrogens is 1. The number of rotatable bonds is 4. The molecule has 0 amide bonds. The summed E-state index contributed by atoms with van der Waals surface area (Å²) in [7, 11) is 2.18. The summed E-state index contributed by atoms with van der Waals surface area (Å²) in [6, 6.07) is 18.7. The molecule has 0 spiro atoms. The number of hydrogen-bond donors (Lipinski definition) is 0. The van der Waals surface area contributed by atoms with Gasteiger partial charge in [0.25, 0.3) is 0 Å². The van der Waals surface area contributed by atoms with E-state index in [9.17, 15) is 0 Å². The molecule has 0 unspecified atom stereocenters. The van der Waals surface area contributed by atoms with E-state index in [2.05, 4.69) is 101 Å². The highest BCUT2D eigenvalue weighted by molar-refractivity contribution is 6.16. The van der Waals surface area contributed by atoms with Gasteiger partial charge in [-0.3, -0.25) is 0 Å². The van der Waals surface area contributed by atoms with Crippen molar-refractivity contribution in [1.82, 2.24) is 0 Å². The molecule has 40 heavy (non-hydrogen) atoms. The van der Waals surface area contributed by atoms with Crippen LogP contribution in [0, 0.1) is 12.8 Å². The fourth-order valence-corrected chi connectivity index (χ4v) is 7.14. The van der Waals surface area contributed by atoms with E-state index in [-0.39, 0.29) is 0 Å². The number of aryl methyl sites for hydroxylation is 2. The maximum Gasteiger partial charge on any atom is 0.228 e. The Kier molecular flexibility index (Phi) is 6.12. The average molecular weight is 531 g/mol. The number of nitrogens with zero attached hydrogens (tertiary/aromatic N) is 1. The van der Waals surface area contributed by atoms with E-state index in [0.717, 1.165) is 44.0 Å². The van der Waals surface area contributed by atoms with E-state index in [1.54, 1.807) is 0 Å². The van der Waals surface area contributed by atoms with Gasteiger partial charge in [-0.1, -0.05) is 64.1 Å². The van der Waals surface area contributed by atoms with Gasteiger partial charge >= 0.3 is 0 Å². The summed E-state index contributed by atoms with van der Waals surface area (Å²) >= 11 is 0. The van der Waals surface area contributed by atoms with Gasteiger partial charge in [0.1, 0.15) is 18.5 Å². The lowest BCUT2D eigenvalue weighted by Gasteiger charge is -2.27. The Bertz CT molecular complexity index is 1810. The number of ether oxygens (including phenoxy) is 2. The molecule has 2 aliphatic rings. The summed E-state index contributed by atoms with van der Waals surface area (Å²) in [6.45, 7) is 13.2. The fraction of sp³-hybridized carbons (Fsp3) is 0.378. The van der Waals surface area contributed by atoms with E-state index < -0.39 is 0 Å². The average Bonchev–Trinajstić information content (AvgIpc) is 2.95. The van der Waals surface area contributed by atoms with E-state index in [0.29, 0.717) is 17.8 Å². The molecule has 0 N–H and O–H groups in total. The monoisotopic (exact) mass is 530 g/mol. The van der Waals surface area contributed by atoms with Gasteiger partial charge in [0.05, 0.1) is 10.9 Å². The first-order valence-electron chi connectivity index (χ1n) is 15.1. The molecule has 3 heteroatoms. The minimum Gasteiger partial charge on any atom is -0.455 e. The summed E-state index contributed by atoms with van der Waals surface area (Å²) in [5.41, 5.74) is 7.97. The van der Waals surface area contributed by atoms with Crippen LogP contribution in [0.1, 0.15) is 74.6 Å². The quantitative estimate of drug-likeness (QED) is 0.167. The summed E-state index contributed by atoms with van der Waals surface area (Å²) in [5, 5.41) is 7.74. The van der Waals surface area contributed by atoms with Crippen molar-refractivity contribution in [3.8, 4) is 22.8 Å². The van der Waals surface area contributed by atoms with Crippen LogP contribution in [-0.4, -0.2) is 13.2 Å². The molecular formula is C37H40NO2+. The maximum atomic E-state index is 7.06. The third-order valence-electron chi connectivity index (χ3n) is 9.29. The lowest BCUT2D eigenvalue weighted by atomic mass is 9.84. The minimum atomic E-state index is 0.488. The summed E-state index contributed by atoms with van der Waals surface area (Å²) in [6.07, 6.45) is 5.41. The van der Waals surface area contributed by atoms with Crippen molar-refractivity contribution in [2.75, 3.05) is 13.2 Å². The Balaban J connectivity index is 1.54. The first-order chi connectivity index (χ1) is 19.3. The van der Waals surface area contributed by atoms with Crippen LogP contribution in [0.5, 0.6) is 11.5 Å². The molecule has 2 aliphatic heterocycles. The molecule has 1 aromatic heterocycles. The predicted octanol–water partition coefficient (Wildman–Crippen LogP) is 9.27. The van der Waals surface area contributed by atoms with Crippen LogP contribution in [0.3, 0.4) is 0 Å². The van der Waals surface area contributed by atoms with Crippen LogP contribution in [0.2, 0.25) is 0 Å². The highest BCUT2D eigenvalue weighted by Crippen LogP contribution is 2.52. The molecule has 0 atom stereocenters. The molecular weight excluding hydrogens is 490 g/mol. The van der Waals surface area contributed by atoms with Gasteiger partial charge in [0.2, 0.25) is 5.69 Å². The van der Waals surface area contributed by atoms with Crippen molar-refractivity contribution >= 4 is 32.3 Å². The standard InChI is InChI=1S/C37H40NO2/c1-21(2)17-32-29-10-7-25(22(3)4)19-31(29)23(5)34-36-35-30(11-14-38(36)6)28-9-8-26(24-12-15-39-16-13-24)18-27(28)20-33(35)40-37(32)34/h7-11,14,18-22,24H,12-13,15-17H2,1-6H3/q+1. The third kappa shape index (κ3) is 3.93. The Morgan fingerprint density at radius 1 is 0.875 bits per heavy atom. The highest BCUT2D eigenvalue weighted by atomic mass is 16.5. The van der Waals surface area contributed by atoms with Crippen molar-refractivity contribution in [2.24, 2.45) is 13.0 Å². The summed E-state index contributed by atoms with van der Waals surface area (Å²) in [5.74, 6) is 3.60. The van der Waals surface area contributed by atoms with E-state index in [1.807, 2.05) is 0 Å². The van der Waals surface area contributed by atoms with Crippen LogP contribution in [0.4, 0.5) is 0 Å². The van der Waals surface area contributed by atoms with Crippen molar-refractivity contribution in [3.63, 3.8) is 0 Å². The van der Waals surface area contributed by atoms with E-state index in [1.165, 1.54) is 65.8 Å². The number of fused-ring (bicyclic) bond motifs is 5. The maximum absolute atomic E-state index is 7.06. The van der Waals surface area contributed by atoms with Gasteiger partial charge in [-0.25, -0.2) is 4.57 Å². The zero-order valence-corrected chi connectivity index (χ0v) is 24.7. The zero-order valence-electron chi connectivity index (χ0n) is 24.7. The van der Waals surface area contributed by atoms with Crippen molar-refractivity contribution in [3.05, 3.63) is 77.0 Å². The molecule has 0 saturated carbocycles. The second-order valence-corrected chi connectivity index (χ2v) is 12.8. The van der Waals surface area contributed by atoms with Crippen LogP contribution in [0.15, 0.2) is 54.7 Å². The minimum absolute atomic E-state index is 0.488. The molecule has 0 bridgehead atoms. The number of benzene rings is 4. The van der Waals surface area contributed by atoms with Crippen LogP contribution in [-0.2, 0) is 18.2 Å². The lowest BCUT2D eigenvalue weighted by molar-refractivity contribution is -0.659. The molecule has 1 saturated heterocycles. The third-order valence-corrected chi connectivity index (χ3v) is 9.29. The first kappa shape index (κ1) is 25.5. The van der Waals surface area contributed by atoms with Gasteiger partial charge in [-0.2, -0.15) is 0 Å². The molecule has 5 aromatic rings. The molecule has 3 heterocycles. The molecule has 1 fully saturated rings. The van der Waals surface area contributed by atoms with Crippen molar-refractivity contribution in [2.45, 2.75) is 65.7 Å². The molecule has 204 valence electrons. The lowest BCUT2D eigenvalue weighted by Crippen LogP contribution is -2.32. The smallest absolute Gasteiger partial charge is 0.228 e. The van der Waals surface area contributed by atoms with Gasteiger partial charge < -0.3 is 9.47 Å². The highest BCUT2D eigenvalue weighted by Gasteiger charge is 2.33. The Labute approximate surface area is 237 Å². The zero-order chi connectivity index (χ0) is 27.7. The molecule has 0 radical (unpaired) electrons. The molecule has 0 aliphatic carbocycles. The number of pyridine rings is 1. The summed E-state index contributed by atoms with van der Waals surface area (Å²) in [4.78, 5) is 0. The van der Waals surface area contributed by atoms with Crippen LogP contribution < -0.4 is 9.30 Å². The second kappa shape index (κ2) is 9.59. The predicted molar refractivity (Wildman–Crippen MR) is 166 cm³/mol. The first-order valence-corrected chi connectivity index (χ1v) is 15.1. The van der Waals surface area contributed by atoms with E-state index >= 15 is 0 Å². The van der Waals surface area contributed by atoms with Gasteiger partial charge in [-0.05, 0) is 88.2 Å². The van der Waals surface area contributed by atoms with Gasteiger partial charge in [0.15, 0.2) is 6.20 Å². The fourth-order valence-electron chi connectivity index (χ4n) is 7.14. The second-order valence-electron chi connectivity index (χ2n) is 12.8. The number of hydrogen-bond acceptors (Lipinski definition) is 2. The Morgan fingerprint density at radius 3 is 2.40 bits per heavy atom. The van der Waals surface area contributed by atoms with Crippen molar-refractivity contribution < 1.29 is 14.0 Å². The Morgan fingerprint density at radius 2 is 1.65 bits per heavy atom. The summed E-state index contributed by atoms with van der Waals surface area (Å²) < 4.78 is 15.0.